The van der Waals surface area contributed by atoms with Gasteiger partial charge in [-0.2, -0.15) is 0 Å². The second-order valence-electron chi connectivity index (χ2n) is 20.6. The van der Waals surface area contributed by atoms with Crippen molar-refractivity contribution in [3.05, 3.63) is 29.8 Å². The van der Waals surface area contributed by atoms with Crippen LogP contribution in [0.5, 0.6) is 5.75 Å². The van der Waals surface area contributed by atoms with Gasteiger partial charge >= 0.3 is 35.8 Å². The molecule has 1 rings (SSSR count). The van der Waals surface area contributed by atoms with Crippen molar-refractivity contribution in [2.75, 3.05) is 19.6 Å². The van der Waals surface area contributed by atoms with E-state index in [2.05, 4.69) is 31.9 Å². The van der Waals surface area contributed by atoms with Crippen LogP contribution in [0.2, 0.25) is 0 Å². The molecule has 1 aromatic carbocycles. The van der Waals surface area contributed by atoms with Crippen LogP contribution in [0.25, 0.3) is 0 Å². The van der Waals surface area contributed by atoms with Crippen LogP contribution in [0.15, 0.2) is 24.3 Å². The summed E-state index contributed by atoms with van der Waals surface area (Å²) < 4.78 is 0. The van der Waals surface area contributed by atoms with Crippen LogP contribution >= 0.6 is 0 Å². The number of carbonyl (C=O) groups is 15. The number of nitrogens with one attached hydrogen (secondary N) is 11. The van der Waals surface area contributed by atoms with Gasteiger partial charge < -0.3 is 112 Å². The van der Waals surface area contributed by atoms with E-state index in [0.717, 1.165) is 0 Å². The average molecular weight is 1270 g/mol. The fourth-order valence-electron chi connectivity index (χ4n) is 8.06. The van der Waals surface area contributed by atoms with Crippen molar-refractivity contribution < 1.29 is 108 Å². The molecule has 26 N–H and O–H groups in total. The molecule has 9 amide bonds. The van der Waals surface area contributed by atoms with E-state index >= 15 is 0 Å². The molecule has 0 aliphatic carbocycles. The number of aliphatic carboxylic acids is 6. The first kappa shape index (κ1) is 77.2. The SMILES string of the molecule is CC(C)[C@H](N)C(=O)N[C@@H](CCCNC(=N)N)C(=O)N[C@@H](CC(=O)O)C(=O)N[C@@H](Cc1ccc(O)cc1)C(=O)N[C@@H](CCCCN)C(=O)N[C@@H](CC(=O)O)C(=O)N[C@@H](CC(=O)O)C(=O)N[C@@H](CC(=O)O)C(=O)N[C@@H](CC(=O)O)C(=O)N[C@@H](CCCCN)C(=O)O. The van der Waals surface area contributed by atoms with Gasteiger partial charge in [0.05, 0.1) is 38.1 Å². The van der Waals surface area contributed by atoms with E-state index in [9.17, 15) is 108 Å². The van der Waals surface area contributed by atoms with Crippen LogP contribution in [-0.2, 0) is 78.3 Å². The molecule has 89 heavy (non-hydrogen) atoms. The maximum absolute atomic E-state index is 14.4. The number of guanidine groups is 1. The van der Waals surface area contributed by atoms with Gasteiger partial charge in [0.25, 0.3) is 0 Å². The standard InChI is InChI=1S/C52H81N15O22/c1-24(2)41(55)50(87)60-28(10-7-17-58-52(56)57)43(80)64-32(20-37(71)72)46(83)62-30(18-25-11-13-26(68)14-12-25)44(81)59-27(8-3-5-15-53)42(79)63-33(21-38(73)74)47(84)66-35(23-40(77)78)49(86)67-34(22-39(75)76)48(85)65-31(19-36(69)70)45(82)61-29(51(88)89)9-4-6-16-54/h11-14,24,27-35,41,68H,3-10,15-23,53-55H2,1-2H3,(H,59,81)(H,60,87)(H,61,82)(H,62,83)(H,63,79)(H,64,80)(H,65,85)(H,66,84)(H,67,86)(H,69,70)(H,71,72)(H,73,74)(H,75,76)(H,77,78)(H,88,89)(H4,56,57,58)/t27-,28-,29-,30-,31-,32-,33-,34-,35-,41-/m0/s1. The fraction of sp³-hybridized carbons (Fsp3) is 0.577. The van der Waals surface area contributed by atoms with E-state index in [4.69, 9.17) is 28.3 Å². The Bertz CT molecular complexity index is 2680. The number of aromatic hydroxyl groups is 1. The van der Waals surface area contributed by atoms with Gasteiger partial charge in [-0.3, -0.25) is 72.5 Å². The number of hydrogen-bond acceptors (Lipinski definition) is 20. The minimum absolute atomic E-state index is 0.0242. The van der Waals surface area contributed by atoms with E-state index in [0.29, 0.717) is 6.42 Å². The fourth-order valence-corrected chi connectivity index (χ4v) is 8.06. The van der Waals surface area contributed by atoms with Gasteiger partial charge in [0.1, 0.15) is 60.1 Å². The number of nitrogens with two attached hydrogens (primary N) is 4. The first-order valence-electron chi connectivity index (χ1n) is 27.8. The Kier molecular flexibility index (Phi) is 34.6. The predicted octanol–water partition coefficient (Wildman–Crippen LogP) is -6.74. The number of amides is 9. The Morgan fingerprint density at radius 1 is 0.416 bits per heavy atom. The monoisotopic (exact) mass is 1270 g/mol. The third-order valence-corrected chi connectivity index (χ3v) is 12.8. The van der Waals surface area contributed by atoms with Gasteiger partial charge in [-0.25, -0.2) is 4.79 Å². The Hall–Kier alpha value is -9.78. The summed E-state index contributed by atoms with van der Waals surface area (Å²) in [5.74, 6) is -23.3. The lowest BCUT2D eigenvalue weighted by molar-refractivity contribution is -0.145. The molecule has 0 aliphatic heterocycles. The van der Waals surface area contributed by atoms with Crippen LogP contribution in [0, 0.1) is 11.3 Å². The van der Waals surface area contributed by atoms with E-state index in [-0.39, 0.29) is 75.9 Å². The summed E-state index contributed by atoms with van der Waals surface area (Å²) in [6, 6.07) is -13.7. The summed E-state index contributed by atoms with van der Waals surface area (Å²) in [7, 11) is 0. The van der Waals surface area contributed by atoms with Crippen molar-refractivity contribution in [1.82, 2.24) is 53.2 Å². The number of carboxylic acids is 6. The van der Waals surface area contributed by atoms with Crippen LogP contribution in [0.1, 0.15) is 103 Å². The molecule has 496 valence electrons. The summed E-state index contributed by atoms with van der Waals surface area (Å²) in [5, 5.41) is 97.2. The number of benzene rings is 1. The van der Waals surface area contributed by atoms with Crippen molar-refractivity contribution in [3.63, 3.8) is 0 Å². The van der Waals surface area contributed by atoms with E-state index in [1.54, 1.807) is 13.8 Å². The molecule has 0 saturated heterocycles. The predicted molar refractivity (Wildman–Crippen MR) is 306 cm³/mol. The molecule has 0 saturated carbocycles. The minimum Gasteiger partial charge on any atom is -0.508 e. The molecule has 0 radical (unpaired) electrons. The van der Waals surface area contributed by atoms with Gasteiger partial charge in [-0.05, 0) is 88.1 Å². The zero-order valence-corrected chi connectivity index (χ0v) is 48.7. The molecule has 0 unspecified atom stereocenters. The third-order valence-electron chi connectivity index (χ3n) is 12.8. The summed E-state index contributed by atoms with van der Waals surface area (Å²) in [4.78, 5) is 196. The molecule has 37 heteroatoms. The number of phenolic OH excluding ortho intramolecular Hbond substituents is 1. The van der Waals surface area contributed by atoms with E-state index in [1.165, 1.54) is 24.3 Å². The Morgan fingerprint density at radius 2 is 0.697 bits per heavy atom. The number of carbonyl (C=O) groups excluding carboxylic acids is 9. The molecule has 0 aromatic heterocycles. The van der Waals surface area contributed by atoms with Crippen LogP contribution in [-0.4, -0.2) is 211 Å². The molecule has 0 bridgehead atoms. The van der Waals surface area contributed by atoms with Gasteiger partial charge in [0, 0.05) is 13.0 Å². The first-order valence-corrected chi connectivity index (χ1v) is 27.8. The van der Waals surface area contributed by atoms with Gasteiger partial charge in [0.2, 0.25) is 53.2 Å². The molecule has 0 heterocycles. The maximum Gasteiger partial charge on any atom is 0.326 e. The quantitative estimate of drug-likeness (QED) is 0.0164. The molecule has 0 spiro atoms. The van der Waals surface area contributed by atoms with Gasteiger partial charge in [0.15, 0.2) is 5.96 Å². The Balaban J connectivity index is 3.71. The average Bonchev–Trinajstić information content (AvgIpc) is 3.51. The smallest absolute Gasteiger partial charge is 0.326 e. The molecule has 0 fully saturated rings. The summed E-state index contributed by atoms with van der Waals surface area (Å²) in [5.41, 5.74) is 22.7. The maximum atomic E-state index is 14.4. The van der Waals surface area contributed by atoms with E-state index in [1.807, 2.05) is 21.3 Å². The lowest BCUT2D eigenvalue weighted by Crippen LogP contribution is -2.61. The Morgan fingerprint density at radius 3 is 1.01 bits per heavy atom. The van der Waals surface area contributed by atoms with Gasteiger partial charge in [-0.15, -0.1) is 0 Å². The second kappa shape index (κ2) is 39.8. The lowest BCUT2D eigenvalue weighted by Gasteiger charge is -2.28. The normalized spacial score (nSPS) is 14.3. The highest BCUT2D eigenvalue weighted by molar-refractivity contribution is 6.01. The summed E-state index contributed by atoms with van der Waals surface area (Å²) in [6.07, 6.45) is -6.74. The second-order valence-corrected chi connectivity index (χ2v) is 20.6. The first-order chi connectivity index (χ1) is 41.7. The number of carboxylic acid groups (broad SMARTS) is 6. The molecule has 37 nitrogen and oxygen atoms in total. The largest absolute Gasteiger partial charge is 0.508 e. The summed E-state index contributed by atoms with van der Waals surface area (Å²) in [6.45, 7) is 3.46. The number of phenols is 1. The third kappa shape index (κ3) is 30.9. The molecule has 10 atom stereocenters. The van der Waals surface area contributed by atoms with Crippen LogP contribution < -0.4 is 76.1 Å². The minimum atomic E-state index is -2.35. The highest BCUT2D eigenvalue weighted by Crippen LogP contribution is 2.14. The van der Waals surface area contributed by atoms with Crippen LogP contribution in [0.4, 0.5) is 0 Å². The van der Waals surface area contributed by atoms with Crippen molar-refractivity contribution in [3.8, 4) is 5.75 Å². The van der Waals surface area contributed by atoms with Gasteiger partial charge in [-0.1, -0.05) is 26.0 Å². The highest BCUT2D eigenvalue weighted by Gasteiger charge is 2.38. The molecule has 0 aliphatic rings. The van der Waals surface area contributed by atoms with Crippen molar-refractivity contribution >= 4 is 94.9 Å². The molecular weight excluding hydrogens is 1190 g/mol. The number of rotatable bonds is 44. The molecular formula is C52H81N15O22. The highest BCUT2D eigenvalue weighted by atomic mass is 16.4. The molecule has 1 aromatic rings. The zero-order chi connectivity index (χ0) is 67.7. The topological polar surface area (TPSA) is 646 Å². The van der Waals surface area contributed by atoms with Crippen LogP contribution in [0.3, 0.4) is 0 Å². The van der Waals surface area contributed by atoms with E-state index < -0.39 is 200 Å². The number of unbranched alkanes of at least 4 members (excludes halogenated alkanes) is 2. The zero-order valence-electron chi connectivity index (χ0n) is 48.7. The number of hydrogen-bond donors (Lipinski definition) is 22. The van der Waals surface area contributed by atoms with Crippen molar-refractivity contribution in [2.24, 2.45) is 28.9 Å². The summed E-state index contributed by atoms with van der Waals surface area (Å²) >= 11 is 0. The van der Waals surface area contributed by atoms with Crippen molar-refractivity contribution in [1.29, 1.82) is 5.41 Å². The lowest BCUT2D eigenvalue weighted by atomic mass is 10.0. The van der Waals surface area contributed by atoms with Crippen molar-refractivity contribution in [2.45, 2.75) is 164 Å². The Labute approximate surface area is 508 Å².